The average Bonchev–Trinajstić information content (AvgIpc) is 3.16. The van der Waals surface area contributed by atoms with Gasteiger partial charge in [-0.05, 0) is 87.3 Å². The second kappa shape index (κ2) is 24.4. The molecule has 58 heavy (non-hydrogen) atoms. The Balaban J connectivity index is 1.63. The number of benzene rings is 1. The Morgan fingerprint density at radius 2 is 1.52 bits per heavy atom. The molecule has 14 nitrogen and oxygen atoms in total. The monoisotopic (exact) mass is 850 g/mol. The summed E-state index contributed by atoms with van der Waals surface area (Å²) in [4.78, 5) is 57.2. The molecule has 0 saturated carbocycles. The van der Waals surface area contributed by atoms with E-state index >= 15 is 0 Å². The lowest BCUT2D eigenvalue weighted by molar-refractivity contribution is -0.136. The van der Waals surface area contributed by atoms with Gasteiger partial charge in [-0.2, -0.15) is 8.42 Å². The van der Waals surface area contributed by atoms with E-state index in [4.69, 9.17) is 25.8 Å². The third-order valence-electron chi connectivity index (χ3n) is 9.72. The van der Waals surface area contributed by atoms with Gasteiger partial charge in [0.2, 0.25) is 5.91 Å². The summed E-state index contributed by atoms with van der Waals surface area (Å²) in [7, 11) is -4.35. The molecule has 0 spiro atoms. The number of urea groups is 1. The van der Waals surface area contributed by atoms with Crippen LogP contribution in [0.25, 0.3) is 5.57 Å². The summed E-state index contributed by atoms with van der Waals surface area (Å²) in [5.41, 5.74) is 2.36. The zero-order chi connectivity index (χ0) is 42.7. The van der Waals surface area contributed by atoms with E-state index in [1.165, 1.54) is 12.2 Å². The summed E-state index contributed by atoms with van der Waals surface area (Å²) in [5, 5.41) is 2.82. The number of fused-ring (bicyclic) bond motifs is 1. The molecule has 2 N–H and O–H groups in total. The Hall–Kier alpha value is -3.76. The predicted molar refractivity (Wildman–Crippen MR) is 226 cm³/mol. The van der Waals surface area contributed by atoms with Crippen LogP contribution in [-0.4, -0.2) is 117 Å². The van der Waals surface area contributed by atoms with E-state index < -0.39 is 33.7 Å². The van der Waals surface area contributed by atoms with Crippen molar-refractivity contribution in [3.05, 3.63) is 53.3 Å². The van der Waals surface area contributed by atoms with Gasteiger partial charge in [0.15, 0.2) is 0 Å². The molecule has 2 aliphatic rings. The Labute approximate surface area is 349 Å². The summed E-state index contributed by atoms with van der Waals surface area (Å²) in [5.74, 6) is -0.757. The molecule has 0 radical (unpaired) electrons. The van der Waals surface area contributed by atoms with Gasteiger partial charge in [-0.25, -0.2) is 4.79 Å². The third-order valence-corrected chi connectivity index (χ3v) is 10.8. The smallest absolute Gasteiger partial charge is 0.333 e. The minimum atomic E-state index is -4.35. The lowest BCUT2D eigenvalue weighted by Gasteiger charge is -2.34. The molecule has 1 fully saturated rings. The van der Waals surface area contributed by atoms with Crippen LogP contribution in [0.5, 0.6) is 5.75 Å². The van der Waals surface area contributed by atoms with Crippen molar-refractivity contribution in [3.63, 3.8) is 0 Å². The summed E-state index contributed by atoms with van der Waals surface area (Å²) in [6.07, 6.45) is 10.4. The highest BCUT2D eigenvalue weighted by atomic mass is 35.5. The SMILES string of the molecule is CCN(CC)c1ccc2c(c1)OC(=CC=C1C(=O)N(CCCCCC(=O)NCCOCCOCCCCCCCl)C(=O)N(CCCS(=O)(=O)O)C1=O)C=C2C(C)(C)C. The van der Waals surface area contributed by atoms with Crippen molar-refractivity contribution in [3.8, 4) is 5.75 Å². The van der Waals surface area contributed by atoms with Gasteiger partial charge < -0.3 is 24.4 Å². The van der Waals surface area contributed by atoms with Gasteiger partial charge in [-0.3, -0.25) is 28.7 Å². The van der Waals surface area contributed by atoms with Crippen molar-refractivity contribution in [1.29, 1.82) is 0 Å². The molecule has 1 saturated heterocycles. The quantitative estimate of drug-likeness (QED) is 0.0333. The average molecular weight is 852 g/mol. The van der Waals surface area contributed by atoms with Crippen molar-refractivity contribution in [2.45, 2.75) is 92.4 Å². The maximum atomic E-state index is 13.7. The van der Waals surface area contributed by atoms with E-state index in [1.807, 2.05) is 18.2 Å². The van der Waals surface area contributed by atoms with Crippen molar-refractivity contribution in [2.75, 3.05) is 75.7 Å². The minimum absolute atomic E-state index is 0.0231. The number of hydrogen-bond acceptors (Lipinski definition) is 10. The molecule has 0 unspecified atom stereocenters. The van der Waals surface area contributed by atoms with E-state index in [1.54, 1.807) is 0 Å². The number of barbiturate groups is 1. The van der Waals surface area contributed by atoms with Crippen LogP contribution in [0.15, 0.2) is 47.8 Å². The molecule has 16 heteroatoms. The number of ether oxygens (including phenoxy) is 3. The summed E-state index contributed by atoms with van der Waals surface area (Å²) in [6, 6.07) is 5.20. The zero-order valence-corrected chi connectivity index (χ0v) is 36.4. The number of imide groups is 2. The number of carbonyl (C=O) groups excluding carboxylic acids is 4. The van der Waals surface area contributed by atoms with Gasteiger partial charge in [0.05, 0.1) is 25.6 Å². The second-order valence-electron chi connectivity index (χ2n) is 15.2. The number of nitrogens with one attached hydrogen (secondary N) is 1. The topological polar surface area (TPSA) is 172 Å². The van der Waals surface area contributed by atoms with Gasteiger partial charge in [0.1, 0.15) is 17.1 Å². The molecule has 5 amide bonds. The van der Waals surface area contributed by atoms with Crippen LogP contribution in [0, 0.1) is 5.41 Å². The summed E-state index contributed by atoms with van der Waals surface area (Å²) < 4.78 is 49.4. The van der Waals surface area contributed by atoms with Crippen molar-refractivity contribution < 1.29 is 46.4 Å². The first-order chi connectivity index (χ1) is 27.6. The first-order valence-electron chi connectivity index (χ1n) is 20.4. The van der Waals surface area contributed by atoms with E-state index in [2.05, 4.69) is 50.9 Å². The number of carbonyl (C=O) groups is 4. The second-order valence-corrected chi connectivity index (χ2v) is 17.2. The Morgan fingerprint density at radius 3 is 2.16 bits per heavy atom. The number of amides is 5. The summed E-state index contributed by atoms with van der Waals surface area (Å²) in [6.45, 7) is 14.0. The first-order valence-corrected chi connectivity index (χ1v) is 22.6. The number of anilines is 1. The maximum absolute atomic E-state index is 13.7. The number of allylic oxidation sites excluding steroid dienone is 4. The van der Waals surface area contributed by atoms with Crippen LogP contribution in [0.2, 0.25) is 0 Å². The highest BCUT2D eigenvalue weighted by Gasteiger charge is 2.41. The molecule has 2 aliphatic heterocycles. The molecule has 3 rings (SSSR count). The molecule has 0 bridgehead atoms. The lowest BCUT2D eigenvalue weighted by atomic mass is 9.80. The number of halogens is 1. The standard InChI is InChI=1S/C42H63ClN4O10S/c1-6-45(7-2)32-17-19-34-36(42(3,4)5)31-33(57-37(34)30-32)18-20-35-39(49)46(41(51)47(40(35)50)24-15-29-58(52,53)54)23-13-10-11-16-38(48)44-22-26-56-28-27-55-25-14-9-8-12-21-43/h17-20,30-31H,6-16,21-29H2,1-5H3,(H,44,48)(H,52,53,54). The number of rotatable bonds is 26. The fourth-order valence-corrected chi connectivity index (χ4v) is 7.23. The van der Waals surface area contributed by atoms with E-state index in [-0.39, 0.29) is 42.8 Å². The van der Waals surface area contributed by atoms with Crippen LogP contribution in [0.1, 0.15) is 98.0 Å². The molecule has 324 valence electrons. The van der Waals surface area contributed by atoms with Crippen LogP contribution in [0.4, 0.5) is 10.5 Å². The maximum Gasteiger partial charge on any atom is 0.333 e. The van der Waals surface area contributed by atoms with E-state index in [9.17, 15) is 32.1 Å². The third kappa shape index (κ3) is 15.8. The highest BCUT2D eigenvalue weighted by Crippen LogP contribution is 2.44. The van der Waals surface area contributed by atoms with Gasteiger partial charge in [-0.15, -0.1) is 11.6 Å². The molecule has 1 aromatic rings. The Morgan fingerprint density at radius 1 is 0.879 bits per heavy atom. The van der Waals surface area contributed by atoms with Gasteiger partial charge in [0, 0.05) is 68.9 Å². The fourth-order valence-electron chi connectivity index (χ4n) is 6.55. The molecule has 1 aromatic carbocycles. The van der Waals surface area contributed by atoms with E-state index in [0.29, 0.717) is 69.6 Å². The highest BCUT2D eigenvalue weighted by molar-refractivity contribution is 7.85. The van der Waals surface area contributed by atoms with Crippen LogP contribution in [0.3, 0.4) is 0 Å². The number of nitrogens with zero attached hydrogens (tertiary/aromatic N) is 3. The predicted octanol–water partition coefficient (Wildman–Crippen LogP) is 6.74. The van der Waals surface area contributed by atoms with Crippen LogP contribution < -0.4 is 15.0 Å². The first kappa shape index (κ1) is 48.6. The van der Waals surface area contributed by atoms with Gasteiger partial charge >= 0.3 is 6.03 Å². The van der Waals surface area contributed by atoms with Crippen molar-refractivity contribution in [2.24, 2.45) is 5.41 Å². The molecule has 0 aromatic heterocycles. The summed E-state index contributed by atoms with van der Waals surface area (Å²) >= 11 is 5.68. The van der Waals surface area contributed by atoms with Crippen molar-refractivity contribution in [1.82, 2.24) is 15.1 Å². The number of alkyl halides is 1. The molecular formula is C42H63ClN4O10S. The number of hydrogen-bond donors (Lipinski definition) is 2. The van der Waals surface area contributed by atoms with E-state index in [0.717, 1.165) is 65.4 Å². The zero-order valence-electron chi connectivity index (χ0n) is 34.9. The normalized spacial score (nSPS) is 16.2. The minimum Gasteiger partial charge on any atom is -0.457 e. The Kier molecular flexibility index (Phi) is 20.4. The van der Waals surface area contributed by atoms with Crippen LogP contribution in [-0.2, 0) is 34.0 Å². The molecule has 0 aliphatic carbocycles. The van der Waals surface area contributed by atoms with Gasteiger partial charge in [-0.1, -0.05) is 40.0 Å². The Bertz CT molecular complexity index is 1750. The fraction of sp³-hybridized carbons (Fsp3) is 0.619. The van der Waals surface area contributed by atoms with Gasteiger partial charge in [0.25, 0.3) is 21.9 Å². The lowest BCUT2D eigenvalue weighted by Crippen LogP contribution is -2.56. The van der Waals surface area contributed by atoms with Crippen molar-refractivity contribution >= 4 is 56.7 Å². The van der Waals surface area contributed by atoms with Crippen LogP contribution >= 0.6 is 11.6 Å². The molecule has 2 heterocycles. The molecular weight excluding hydrogens is 788 g/mol. The molecule has 0 atom stereocenters. The largest absolute Gasteiger partial charge is 0.457 e. The number of unbranched alkanes of at least 4 members (excludes halogenated alkanes) is 5.